The molecule has 2 fully saturated rings. The van der Waals surface area contributed by atoms with E-state index in [2.05, 4.69) is 15.6 Å². The van der Waals surface area contributed by atoms with Gasteiger partial charge < -0.3 is 20.6 Å². The molecule has 3 atom stereocenters. The van der Waals surface area contributed by atoms with Gasteiger partial charge in [-0.2, -0.15) is 0 Å². The molecule has 1 aromatic heterocycles. The summed E-state index contributed by atoms with van der Waals surface area (Å²) in [7, 11) is 0. The van der Waals surface area contributed by atoms with Crippen molar-refractivity contribution >= 4 is 29.1 Å². The summed E-state index contributed by atoms with van der Waals surface area (Å²) in [6.07, 6.45) is 2.17. The zero-order valence-electron chi connectivity index (χ0n) is 21.4. The SMILES string of the molecule is Cc1ncsc1-c1ccc(CNC(=O)[C@@H]2C[C@@H](O)CN2C(=O)[C@@H](NC(=O)C(C)(C)C)C2CCC2)cc1. The fourth-order valence-electron chi connectivity index (χ4n) is 4.66. The molecule has 3 amide bonds. The number of hydrogen-bond acceptors (Lipinski definition) is 6. The van der Waals surface area contributed by atoms with Crippen LogP contribution in [0.4, 0.5) is 0 Å². The van der Waals surface area contributed by atoms with Gasteiger partial charge in [0.05, 0.1) is 22.2 Å². The molecule has 9 heteroatoms. The van der Waals surface area contributed by atoms with Crippen LogP contribution < -0.4 is 10.6 Å². The topological polar surface area (TPSA) is 112 Å². The van der Waals surface area contributed by atoms with E-state index in [0.717, 1.165) is 41.0 Å². The number of aryl methyl sites for hydroxylation is 1. The maximum absolute atomic E-state index is 13.6. The number of benzene rings is 1. The number of amides is 3. The van der Waals surface area contributed by atoms with Crippen LogP contribution in [0.3, 0.4) is 0 Å². The Kier molecular flexibility index (Phi) is 7.80. The first-order valence-electron chi connectivity index (χ1n) is 12.6. The van der Waals surface area contributed by atoms with Crippen LogP contribution >= 0.6 is 11.3 Å². The van der Waals surface area contributed by atoms with Crippen molar-refractivity contribution < 1.29 is 19.5 Å². The highest BCUT2D eigenvalue weighted by Gasteiger charge is 2.45. The predicted octanol–water partition coefficient (Wildman–Crippen LogP) is 3.03. The van der Waals surface area contributed by atoms with Gasteiger partial charge in [-0.05, 0) is 36.8 Å². The highest BCUT2D eigenvalue weighted by Crippen LogP contribution is 2.33. The molecule has 8 nitrogen and oxygen atoms in total. The molecular weight excluding hydrogens is 476 g/mol. The van der Waals surface area contributed by atoms with E-state index in [0.29, 0.717) is 6.54 Å². The summed E-state index contributed by atoms with van der Waals surface area (Å²) in [6.45, 7) is 7.83. The van der Waals surface area contributed by atoms with Crippen molar-refractivity contribution in [1.82, 2.24) is 20.5 Å². The quantitative estimate of drug-likeness (QED) is 0.528. The van der Waals surface area contributed by atoms with Crippen molar-refractivity contribution in [2.24, 2.45) is 11.3 Å². The minimum absolute atomic E-state index is 0.0611. The van der Waals surface area contributed by atoms with E-state index < -0.39 is 23.6 Å². The standard InChI is InChI=1S/C27H36N4O4S/c1-16-23(36-15-29-16)19-10-8-17(9-11-19)13-28-24(33)21-12-20(32)14-31(21)25(34)22(18-6-5-7-18)30-26(35)27(2,3)4/h8-11,15,18,20-22,32H,5-7,12-14H2,1-4H3,(H,28,33)(H,30,35)/t20-,21+,22+/m1/s1. The molecule has 1 aromatic carbocycles. The molecule has 4 rings (SSSR count). The second-order valence-electron chi connectivity index (χ2n) is 11.0. The maximum Gasteiger partial charge on any atom is 0.246 e. The lowest BCUT2D eigenvalue weighted by atomic mass is 9.78. The van der Waals surface area contributed by atoms with Gasteiger partial charge in [-0.25, -0.2) is 4.98 Å². The number of nitrogens with zero attached hydrogens (tertiary/aromatic N) is 2. The van der Waals surface area contributed by atoms with Gasteiger partial charge in [-0.1, -0.05) is 51.5 Å². The summed E-state index contributed by atoms with van der Waals surface area (Å²) in [5.41, 5.74) is 4.21. The number of likely N-dealkylation sites (tertiary alicyclic amines) is 1. The predicted molar refractivity (Wildman–Crippen MR) is 139 cm³/mol. The summed E-state index contributed by atoms with van der Waals surface area (Å²) in [4.78, 5) is 46.3. The summed E-state index contributed by atoms with van der Waals surface area (Å²) >= 11 is 1.59. The highest BCUT2D eigenvalue weighted by molar-refractivity contribution is 7.13. The molecule has 2 heterocycles. The third kappa shape index (κ3) is 5.78. The number of aliphatic hydroxyl groups excluding tert-OH is 1. The van der Waals surface area contributed by atoms with E-state index in [1.54, 1.807) is 11.3 Å². The van der Waals surface area contributed by atoms with E-state index in [4.69, 9.17) is 0 Å². The van der Waals surface area contributed by atoms with Crippen LogP contribution in [0.2, 0.25) is 0 Å². The Labute approximate surface area is 216 Å². The number of hydrogen-bond donors (Lipinski definition) is 3. The van der Waals surface area contributed by atoms with Crippen LogP contribution in [-0.2, 0) is 20.9 Å². The number of aliphatic hydroxyl groups is 1. The monoisotopic (exact) mass is 512 g/mol. The molecule has 1 aliphatic carbocycles. The van der Waals surface area contributed by atoms with E-state index in [9.17, 15) is 19.5 Å². The Morgan fingerprint density at radius 3 is 2.44 bits per heavy atom. The van der Waals surface area contributed by atoms with Crippen LogP contribution in [-0.4, -0.2) is 57.4 Å². The number of rotatable bonds is 7. The Morgan fingerprint density at radius 2 is 1.89 bits per heavy atom. The first-order valence-corrected chi connectivity index (χ1v) is 13.5. The lowest BCUT2D eigenvalue weighted by Crippen LogP contribution is -2.58. The van der Waals surface area contributed by atoms with Gasteiger partial charge in [0.25, 0.3) is 0 Å². The van der Waals surface area contributed by atoms with Gasteiger partial charge in [0, 0.05) is 24.9 Å². The van der Waals surface area contributed by atoms with Crippen molar-refractivity contribution in [1.29, 1.82) is 0 Å². The fraction of sp³-hybridized carbons (Fsp3) is 0.556. The van der Waals surface area contributed by atoms with E-state index >= 15 is 0 Å². The number of aromatic nitrogens is 1. The normalized spacial score (nSPS) is 21.1. The van der Waals surface area contributed by atoms with E-state index in [1.165, 1.54) is 4.90 Å². The molecule has 0 spiro atoms. The molecule has 3 N–H and O–H groups in total. The fourth-order valence-corrected chi connectivity index (χ4v) is 5.47. The van der Waals surface area contributed by atoms with Gasteiger partial charge in [0.1, 0.15) is 12.1 Å². The van der Waals surface area contributed by atoms with Crippen LogP contribution in [0.5, 0.6) is 0 Å². The second-order valence-corrected chi connectivity index (χ2v) is 11.8. The first-order chi connectivity index (χ1) is 17.0. The lowest BCUT2D eigenvalue weighted by molar-refractivity contribution is -0.144. The zero-order chi connectivity index (χ0) is 26.0. The molecular formula is C27H36N4O4S. The Balaban J connectivity index is 1.41. The zero-order valence-corrected chi connectivity index (χ0v) is 22.2. The average molecular weight is 513 g/mol. The van der Waals surface area contributed by atoms with Crippen LogP contribution in [0.1, 0.15) is 57.7 Å². The van der Waals surface area contributed by atoms with Gasteiger partial charge in [0.15, 0.2) is 0 Å². The summed E-state index contributed by atoms with van der Waals surface area (Å²) < 4.78 is 0. The van der Waals surface area contributed by atoms with Gasteiger partial charge in [-0.3, -0.25) is 14.4 Å². The van der Waals surface area contributed by atoms with Crippen LogP contribution in [0.25, 0.3) is 10.4 Å². The molecule has 1 aliphatic heterocycles. The van der Waals surface area contributed by atoms with Crippen LogP contribution in [0.15, 0.2) is 29.8 Å². The number of nitrogens with one attached hydrogen (secondary N) is 2. The van der Waals surface area contributed by atoms with Gasteiger partial charge in [0.2, 0.25) is 17.7 Å². The maximum atomic E-state index is 13.6. The van der Waals surface area contributed by atoms with E-state index in [1.807, 2.05) is 57.5 Å². The summed E-state index contributed by atoms with van der Waals surface area (Å²) in [5, 5.41) is 16.2. The first kappa shape index (κ1) is 26.3. The number of carbonyl (C=O) groups excluding carboxylic acids is 3. The molecule has 194 valence electrons. The Bertz CT molecular complexity index is 1100. The average Bonchev–Trinajstić information content (AvgIpc) is 3.40. The summed E-state index contributed by atoms with van der Waals surface area (Å²) in [5.74, 6) is -0.702. The van der Waals surface area contributed by atoms with Gasteiger partial charge >= 0.3 is 0 Å². The third-order valence-electron chi connectivity index (χ3n) is 7.15. The van der Waals surface area contributed by atoms with Crippen molar-refractivity contribution in [3.63, 3.8) is 0 Å². The highest BCUT2D eigenvalue weighted by atomic mass is 32.1. The number of β-amino-alcohol motifs (C(OH)–C–C–N with tert-alkyl or cyclic N) is 1. The largest absolute Gasteiger partial charge is 0.391 e. The molecule has 36 heavy (non-hydrogen) atoms. The van der Waals surface area contributed by atoms with Crippen molar-refractivity contribution in [3.8, 4) is 10.4 Å². The molecule has 0 bridgehead atoms. The minimum atomic E-state index is -0.771. The molecule has 2 aliphatic rings. The summed E-state index contributed by atoms with van der Waals surface area (Å²) in [6, 6.07) is 6.52. The van der Waals surface area contributed by atoms with Gasteiger partial charge in [-0.15, -0.1) is 11.3 Å². The van der Waals surface area contributed by atoms with Crippen molar-refractivity contribution in [3.05, 3.63) is 41.0 Å². The Morgan fingerprint density at radius 1 is 1.19 bits per heavy atom. The molecule has 1 saturated carbocycles. The molecule has 0 radical (unpaired) electrons. The van der Waals surface area contributed by atoms with Crippen molar-refractivity contribution in [2.45, 2.75) is 78.1 Å². The molecule has 0 unspecified atom stereocenters. The number of thiazole rings is 1. The molecule has 1 saturated heterocycles. The Hall–Kier alpha value is -2.78. The lowest BCUT2D eigenvalue weighted by Gasteiger charge is -2.38. The minimum Gasteiger partial charge on any atom is -0.391 e. The van der Waals surface area contributed by atoms with E-state index in [-0.39, 0.29) is 36.6 Å². The van der Waals surface area contributed by atoms with Crippen LogP contribution in [0, 0.1) is 18.3 Å². The smallest absolute Gasteiger partial charge is 0.246 e. The third-order valence-corrected chi connectivity index (χ3v) is 8.13. The molecule has 2 aromatic rings. The van der Waals surface area contributed by atoms with Crippen molar-refractivity contribution in [2.75, 3.05) is 6.54 Å². The number of carbonyl (C=O) groups is 3. The second kappa shape index (κ2) is 10.7.